The fourth-order valence-electron chi connectivity index (χ4n) is 4.21. The molecule has 4 rings (SSSR count). The smallest absolute Gasteiger partial charge is 0.419 e. The first-order chi connectivity index (χ1) is 17.7. The molecular formula is C26H28ClF3N4O4. The number of alkyl halides is 3. The number of carbonyl (C=O) groups is 1. The normalized spacial score (nSPS) is 15.7. The fourth-order valence-corrected chi connectivity index (χ4v) is 4.37. The van der Waals surface area contributed by atoms with E-state index in [1.165, 1.54) is 24.4 Å². The highest BCUT2D eigenvalue weighted by Gasteiger charge is 2.47. The van der Waals surface area contributed by atoms with E-state index in [1.54, 1.807) is 27.7 Å². The quantitative estimate of drug-likeness (QED) is 0.344. The van der Waals surface area contributed by atoms with E-state index >= 15 is 0 Å². The number of amides is 1. The molecule has 38 heavy (non-hydrogen) atoms. The van der Waals surface area contributed by atoms with Crippen LogP contribution in [-0.2, 0) is 16.3 Å². The second-order valence-electron chi connectivity index (χ2n) is 10.4. The Morgan fingerprint density at radius 1 is 1.26 bits per heavy atom. The Kier molecular flexibility index (Phi) is 7.35. The first kappa shape index (κ1) is 27.7. The topological polar surface area (TPSA) is 106 Å². The number of carbonyl (C=O) groups excluding carboxylic acids is 1. The number of hydrogen-bond acceptors (Lipinski definition) is 6. The van der Waals surface area contributed by atoms with Crippen molar-refractivity contribution in [2.24, 2.45) is 0 Å². The van der Waals surface area contributed by atoms with E-state index in [4.69, 9.17) is 21.1 Å². The number of nitrogens with zero attached hydrogens (tertiary/aromatic N) is 2. The molecule has 1 aromatic carbocycles. The minimum atomic E-state index is -4.67. The Morgan fingerprint density at radius 3 is 2.61 bits per heavy atom. The lowest BCUT2D eigenvalue weighted by Crippen LogP contribution is -2.34. The lowest BCUT2D eigenvalue weighted by atomic mass is 10.0. The molecule has 1 aliphatic rings. The molecular weight excluding hydrogens is 525 g/mol. The summed E-state index contributed by atoms with van der Waals surface area (Å²) in [5.41, 5.74) is -2.06. The van der Waals surface area contributed by atoms with Crippen LogP contribution in [0, 0.1) is 0 Å². The molecule has 204 valence electrons. The van der Waals surface area contributed by atoms with Gasteiger partial charge in [0.1, 0.15) is 22.3 Å². The molecule has 8 nitrogen and oxygen atoms in total. The van der Waals surface area contributed by atoms with Crippen molar-refractivity contribution >= 4 is 28.6 Å². The molecule has 0 aliphatic heterocycles. The zero-order valence-corrected chi connectivity index (χ0v) is 22.1. The predicted molar refractivity (Wildman–Crippen MR) is 135 cm³/mol. The maximum Gasteiger partial charge on any atom is 0.419 e. The van der Waals surface area contributed by atoms with Crippen LogP contribution in [0.3, 0.4) is 0 Å². The van der Waals surface area contributed by atoms with Crippen molar-refractivity contribution in [1.29, 1.82) is 0 Å². The molecule has 3 aromatic rings. The summed E-state index contributed by atoms with van der Waals surface area (Å²) in [5.74, 6) is 0.0742. The molecule has 1 aliphatic carbocycles. The SMILES string of the molecule is C[C@@H](NC(=O)OC(C)(C)C)c1cccc(C(F)(F)F)c1OCCC1(c2nc3cnc(Cl)cc3c(=O)[nH]2)CC1. The van der Waals surface area contributed by atoms with Crippen LogP contribution in [0.1, 0.15) is 70.0 Å². The van der Waals surface area contributed by atoms with Gasteiger partial charge in [0.15, 0.2) is 0 Å². The van der Waals surface area contributed by atoms with Crippen LogP contribution >= 0.6 is 11.6 Å². The number of hydrogen-bond donors (Lipinski definition) is 2. The molecule has 0 radical (unpaired) electrons. The Labute approximate surface area is 221 Å². The summed E-state index contributed by atoms with van der Waals surface area (Å²) in [5, 5.41) is 3.04. The van der Waals surface area contributed by atoms with Crippen molar-refractivity contribution in [3.8, 4) is 5.75 Å². The number of ether oxygens (including phenoxy) is 2. The van der Waals surface area contributed by atoms with Crippen molar-refractivity contribution in [2.75, 3.05) is 6.61 Å². The summed E-state index contributed by atoms with van der Waals surface area (Å²) < 4.78 is 52.6. The number of para-hydroxylation sites is 1. The van der Waals surface area contributed by atoms with Gasteiger partial charge in [-0.1, -0.05) is 23.7 Å². The molecule has 0 bridgehead atoms. The van der Waals surface area contributed by atoms with E-state index < -0.39 is 34.9 Å². The number of nitrogens with one attached hydrogen (secondary N) is 2. The predicted octanol–water partition coefficient (Wildman–Crippen LogP) is 6.08. The Balaban J connectivity index is 1.55. The van der Waals surface area contributed by atoms with E-state index in [2.05, 4.69) is 20.3 Å². The van der Waals surface area contributed by atoms with Gasteiger partial charge in [-0.2, -0.15) is 13.2 Å². The van der Waals surface area contributed by atoms with Crippen molar-refractivity contribution in [2.45, 2.75) is 70.2 Å². The molecule has 0 unspecified atom stereocenters. The Morgan fingerprint density at radius 2 is 1.97 bits per heavy atom. The van der Waals surface area contributed by atoms with Crippen molar-refractivity contribution in [3.05, 3.63) is 62.9 Å². The zero-order valence-electron chi connectivity index (χ0n) is 21.3. The van der Waals surface area contributed by atoms with Gasteiger partial charge in [-0.15, -0.1) is 0 Å². The fraction of sp³-hybridized carbons (Fsp3) is 0.462. The number of H-pyrrole nitrogens is 1. The third-order valence-electron chi connectivity index (χ3n) is 6.29. The number of halogens is 4. The van der Waals surface area contributed by atoms with E-state index in [0.717, 1.165) is 6.07 Å². The molecule has 0 spiro atoms. The van der Waals surface area contributed by atoms with Crippen molar-refractivity contribution < 1.29 is 27.4 Å². The number of benzene rings is 1. The zero-order chi connectivity index (χ0) is 27.9. The summed E-state index contributed by atoms with van der Waals surface area (Å²) in [6, 6.07) is 4.28. The molecule has 1 saturated carbocycles. The lowest BCUT2D eigenvalue weighted by Gasteiger charge is -2.25. The van der Waals surface area contributed by atoms with Crippen LogP contribution in [0.2, 0.25) is 5.15 Å². The highest BCUT2D eigenvalue weighted by molar-refractivity contribution is 6.30. The first-order valence-electron chi connectivity index (χ1n) is 12.1. The summed E-state index contributed by atoms with van der Waals surface area (Å²) in [7, 11) is 0. The third-order valence-corrected chi connectivity index (χ3v) is 6.50. The van der Waals surface area contributed by atoms with Crippen molar-refractivity contribution in [3.63, 3.8) is 0 Å². The number of pyridine rings is 1. The van der Waals surface area contributed by atoms with Gasteiger partial charge in [-0.3, -0.25) is 4.79 Å². The van der Waals surface area contributed by atoms with Gasteiger partial charge in [0, 0.05) is 11.0 Å². The standard InChI is InChI=1S/C26H28ClF3N4O4/c1-14(32-23(36)38-24(2,3)4)15-6-5-7-17(26(28,29)30)20(15)37-11-10-25(8-9-25)22-33-18-13-31-19(27)12-16(18)21(35)34-22/h5-7,12-14H,8-11H2,1-4H3,(H,32,36)(H,33,34,35)/t14-/m1/s1. The summed E-state index contributed by atoms with van der Waals surface area (Å²) in [6.07, 6.45) is -2.32. The monoisotopic (exact) mass is 552 g/mol. The van der Waals surface area contributed by atoms with Gasteiger partial charge in [0.25, 0.3) is 5.56 Å². The number of alkyl carbamates (subject to hydrolysis) is 1. The molecule has 12 heteroatoms. The summed E-state index contributed by atoms with van der Waals surface area (Å²) in [4.78, 5) is 36.1. The van der Waals surface area contributed by atoms with Gasteiger partial charge < -0.3 is 19.8 Å². The average Bonchev–Trinajstić information content (AvgIpc) is 3.58. The number of fused-ring (bicyclic) bond motifs is 1. The third kappa shape index (κ3) is 6.20. The van der Waals surface area contributed by atoms with Gasteiger partial charge in [0.2, 0.25) is 0 Å². The van der Waals surface area contributed by atoms with Crippen molar-refractivity contribution in [1.82, 2.24) is 20.3 Å². The second kappa shape index (κ2) is 10.1. The van der Waals surface area contributed by atoms with Crippen LogP contribution in [0.15, 0.2) is 35.3 Å². The molecule has 0 saturated heterocycles. The molecule has 1 fully saturated rings. The van der Waals surface area contributed by atoms with E-state index in [0.29, 0.717) is 36.0 Å². The van der Waals surface area contributed by atoms with Crippen LogP contribution in [0.5, 0.6) is 5.75 Å². The first-order valence-corrected chi connectivity index (χ1v) is 12.4. The van der Waals surface area contributed by atoms with Crippen LogP contribution in [-0.4, -0.2) is 33.3 Å². The number of rotatable bonds is 7. The highest BCUT2D eigenvalue weighted by Crippen LogP contribution is 2.50. The summed E-state index contributed by atoms with van der Waals surface area (Å²) >= 11 is 5.88. The van der Waals surface area contributed by atoms with Crippen LogP contribution in [0.4, 0.5) is 18.0 Å². The number of aromatic nitrogens is 3. The van der Waals surface area contributed by atoms with Gasteiger partial charge >= 0.3 is 12.3 Å². The van der Waals surface area contributed by atoms with E-state index in [9.17, 15) is 22.8 Å². The van der Waals surface area contributed by atoms with E-state index in [1.807, 2.05) is 0 Å². The van der Waals surface area contributed by atoms with E-state index in [-0.39, 0.29) is 28.6 Å². The molecule has 1 amide bonds. The number of aromatic amines is 1. The maximum atomic E-state index is 13.9. The average molecular weight is 553 g/mol. The summed E-state index contributed by atoms with van der Waals surface area (Å²) in [6.45, 7) is 6.55. The molecule has 1 atom stereocenters. The largest absolute Gasteiger partial charge is 0.493 e. The molecule has 2 heterocycles. The maximum absolute atomic E-state index is 13.9. The Bertz CT molecular complexity index is 1410. The second-order valence-corrected chi connectivity index (χ2v) is 10.8. The van der Waals surface area contributed by atoms with Gasteiger partial charge in [-0.25, -0.2) is 14.8 Å². The minimum Gasteiger partial charge on any atom is -0.493 e. The van der Waals surface area contributed by atoms with Gasteiger partial charge in [0.05, 0.1) is 35.3 Å². The van der Waals surface area contributed by atoms with Crippen LogP contribution < -0.4 is 15.6 Å². The van der Waals surface area contributed by atoms with Gasteiger partial charge in [-0.05, 0) is 59.1 Å². The molecule has 2 aromatic heterocycles. The minimum absolute atomic E-state index is 0.0696. The van der Waals surface area contributed by atoms with Crippen LogP contribution in [0.25, 0.3) is 10.9 Å². The lowest BCUT2D eigenvalue weighted by molar-refractivity contribution is -0.139. The highest BCUT2D eigenvalue weighted by atomic mass is 35.5. The molecule has 2 N–H and O–H groups in total. The Hall–Kier alpha value is -3.34.